The second kappa shape index (κ2) is 8.82. The number of hydrogen-bond donors (Lipinski definition) is 5. The van der Waals surface area contributed by atoms with Crippen LogP contribution in [0.1, 0.15) is 11.1 Å². The number of aromatic nitrogens is 1. The summed E-state index contributed by atoms with van der Waals surface area (Å²) in [4.78, 5) is 3.48. The Balaban J connectivity index is 0.00000150. The van der Waals surface area contributed by atoms with Crippen LogP contribution in [-0.2, 0) is 0 Å². The highest BCUT2D eigenvalue weighted by Crippen LogP contribution is 2.40. The van der Waals surface area contributed by atoms with E-state index in [1.165, 1.54) is 0 Å². The average Bonchev–Trinajstić information content (AvgIpc) is 3.07. The quantitative estimate of drug-likeness (QED) is 0.236. The fourth-order valence-electron chi connectivity index (χ4n) is 3.51. The first-order chi connectivity index (χ1) is 13.1. The third-order valence-corrected chi connectivity index (χ3v) is 4.65. The molecule has 7 N–H and O–H groups in total. The SMILES string of the molecule is Cl.Cl.N=C(N)c1ccc2[nH]c(-c3ccccc3)c(-c3ccccc3)c2c1C(=N)N. The van der Waals surface area contributed by atoms with E-state index in [2.05, 4.69) is 4.98 Å². The summed E-state index contributed by atoms with van der Waals surface area (Å²) in [6, 6.07) is 23.6. The van der Waals surface area contributed by atoms with Crippen molar-refractivity contribution in [2.45, 2.75) is 0 Å². The van der Waals surface area contributed by atoms with Crippen LogP contribution in [0.4, 0.5) is 0 Å². The molecular weight excluding hydrogens is 405 g/mol. The van der Waals surface area contributed by atoms with Gasteiger partial charge in [-0.25, -0.2) is 0 Å². The van der Waals surface area contributed by atoms with Gasteiger partial charge in [0.25, 0.3) is 0 Å². The molecule has 0 spiro atoms. The molecule has 0 aliphatic rings. The maximum atomic E-state index is 8.14. The van der Waals surface area contributed by atoms with E-state index in [0.717, 1.165) is 33.3 Å². The number of nitrogens with one attached hydrogen (secondary N) is 3. The van der Waals surface area contributed by atoms with Crippen LogP contribution >= 0.6 is 24.8 Å². The fraction of sp³-hybridized carbons (Fsp3) is 0. The van der Waals surface area contributed by atoms with Crippen molar-refractivity contribution in [3.05, 3.63) is 83.9 Å². The molecule has 0 saturated carbocycles. The topological polar surface area (TPSA) is 116 Å². The minimum absolute atomic E-state index is 0. The van der Waals surface area contributed by atoms with Crippen LogP contribution in [0.5, 0.6) is 0 Å². The molecule has 0 aliphatic heterocycles. The third kappa shape index (κ3) is 3.83. The van der Waals surface area contributed by atoms with E-state index in [1.807, 2.05) is 66.7 Å². The summed E-state index contributed by atoms with van der Waals surface area (Å²) >= 11 is 0. The number of benzene rings is 3. The number of aromatic amines is 1. The molecule has 0 fully saturated rings. The molecule has 1 aromatic heterocycles. The van der Waals surface area contributed by atoms with Crippen LogP contribution in [0.25, 0.3) is 33.3 Å². The lowest BCUT2D eigenvalue weighted by atomic mass is 9.93. The van der Waals surface area contributed by atoms with Crippen LogP contribution in [0.15, 0.2) is 72.8 Å². The van der Waals surface area contributed by atoms with Crippen molar-refractivity contribution in [1.29, 1.82) is 10.8 Å². The number of hydrogen-bond acceptors (Lipinski definition) is 2. The molecule has 0 amide bonds. The second-order valence-corrected chi connectivity index (χ2v) is 6.35. The van der Waals surface area contributed by atoms with Gasteiger partial charge in [0, 0.05) is 27.6 Å². The maximum absolute atomic E-state index is 8.14. The minimum Gasteiger partial charge on any atom is -0.384 e. The highest BCUT2D eigenvalue weighted by atomic mass is 35.5. The lowest BCUT2D eigenvalue weighted by Crippen LogP contribution is -2.21. The van der Waals surface area contributed by atoms with Crippen molar-refractivity contribution >= 4 is 47.4 Å². The molecule has 0 radical (unpaired) electrons. The second-order valence-electron chi connectivity index (χ2n) is 6.35. The molecule has 0 aliphatic carbocycles. The Morgan fingerprint density at radius 2 is 1.24 bits per heavy atom. The van der Waals surface area contributed by atoms with E-state index in [9.17, 15) is 0 Å². The molecule has 0 atom stereocenters. The Hall–Kier alpha value is -3.28. The summed E-state index contributed by atoms with van der Waals surface area (Å²) in [5.74, 6) is -0.217. The molecule has 4 rings (SSSR count). The molecular formula is C22H21Cl2N5. The average molecular weight is 426 g/mol. The zero-order chi connectivity index (χ0) is 19.0. The molecule has 1 heterocycles. The first-order valence-electron chi connectivity index (χ1n) is 8.56. The van der Waals surface area contributed by atoms with Crippen molar-refractivity contribution in [2.24, 2.45) is 11.5 Å². The number of halogens is 2. The molecule has 4 aromatic rings. The molecule has 0 unspecified atom stereocenters. The number of nitrogen functional groups attached to an aromatic ring is 2. The normalized spacial score (nSPS) is 10.1. The number of H-pyrrole nitrogens is 1. The van der Waals surface area contributed by atoms with E-state index < -0.39 is 0 Å². The highest BCUT2D eigenvalue weighted by molar-refractivity contribution is 6.20. The Morgan fingerprint density at radius 3 is 1.76 bits per heavy atom. The first-order valence-corrected chi connectivity index (χ1v) is 8.56. The van der Waals surface area contributed by atoms with Crippen LogP contribution in [0.2, 0.25) is 0 Å². The van der Waals surface area contributed by atoms with Gasteiger partial charge in [0.05, 0.1) is 5.69 Å². The zero-order valence-electron chi connectivity index (χ0n) is 15.4. The Bertz CT molecular complexity index is 1170. The number of rotatable bonds is 4. The molecule has 0 saturated heterocycles. The summed E-state index contributed by atoms with van der Waals surface area (Å²) in [6.07, 6.45) is 0. The molecule has 5 nitrogen and oxygen atoms in total. The monoisotopic (exact) mass is 425 g/mol. The predicted octanol–water partition coefficient (Wildman–Crippen LogP) is 4.91. The van der Waals surface area contributed by atoms with Crippen LogP contribution in [-0.4, -0.2) is 16.7 Å². The highest BCUT2D eigenvalue weighted by Gasteiger charge is 2.21. The van der Waals surface area contributed by atoms with Gasteiger partial charge < -0.3 is 16.5 Å². The van der Waals surface area contributed by atoms with Gasteiger partial charge in [0.15, 0.2) is 0 Å². The Kier molecular flexibility index (Phi) is 6.69. The van der Waals surface area contributed by atoms with Crippen molar-refractivity contribution in [2.75, 3.05) is 0 Å². The smallest absolute Gasteiger partial charge is 0.124 e. The van der Waals surface area contributed by atoms with Gasteiger partial charge in [-0.1, -0.05) is 60.7 Å². The molecule has 148 valence electrons. The van der Waals surface area contributed by atoms with Crippen LogP contribution < -0.4 is 11.5 Å². The van der Waals surface area contributed by atoms with Gasteiger partial charge in [-0.3, -0.25) is 10.8 Å². The molecule has 7 heteroatoms. The van der Waals surface area contributed by atoms with Crippen molar-refractivity contribution in [3.63, 3.8) is 0 Å². The van der Waals surface area contributed by atoms with Crippen molar-refractivity contribution in [1.82, 2.24) is 4.98 Å². The van der Waals surface area contributed by atoms with Gasteiger partial charge in [-0.2, -0.15) is 0 Å². The van der Waals surface area contributed by atoms with E-state index in [-0.39, 0.29) is 36.5 Å². The van der Waals surface area contributed by atoms with Crippen molar-refractivity contribution in [3.8, 4) is 22.4 Å². The van der Waals surface area contributed by atoms with Crippen LogP contribution in [0, 0.1) is 10.8 Å². The number of amidine groups is 2. The van der Waals surface area contributed by atoms with Crippen molar-refractivity contribution < 1.29 is 0 Å². The van der Waals surface area contributed by atoms with Gasteiger partial charge in [-0.15, -0.1) is 24.8 Å². The van der Waals surface area contributed by atoms with E-state index >= 15 is 0 Å². The summed E-state index contributed by atoms with van der Waals surface area (Å²) in [5.41, 5.74) is 17.4. The van der Waals surface area contributed by atoms with E-state index in [0.29, 0.717) is 11.1 Å². The lowest BCUT2D eigenvalue weighted by molar-refractivity contribution is 1.39. The molecule has 29 heavy (non-hydrogen) atoms. The third-order valence-electron chi connectivity index (χ3n) is 4.65. The van der Waals surface area contributed by atoms with Gasteiger partial charge >= 0.3 is 0 Å². The maximum Gasteiger partial charge on any atom is 0.124 e. The fourth-order valence-corrected chi connectivity index (χ4v) is 3.51. The number of nitrogens with two attached hydrogens (primary N) is 2. The summed E-state index contributed by atoms with van der Waals surface area (Å²) in [5, 5.41) is 16.8. The number of fused-ring (bicyclic) bond motifs is 1. The largest absolute Gasteiger partial charge is 0.384 e. The van der Waals surface area contributed by atoms with Crippen LogP contribution in [0.3, 0.4) is 0 Å². The van der Waals surface area contributed by atoms with Gasteiger partial charge in [-0.05, 0) is 23.3 Å². The summed E-state index contributed by atoms with van der Waals surface area (Å²) in [6.45, 7) is 0. The summed E-state index contributed by atoms with van der Waals surface area (Å²) < 4.78 is 0. The van der Waals surface area contributed by atoms with E-state index in [4.69, 9.17) is 22.3 Å². The van der Waals surface area contributed by atoms with E-state index in [1.54, 1.807) is 6.07 Å². The van der Waals surface area contributed by atoms with Gasteiger partial charge in [0.2, 0.25) is 0 Å². The minimum atomic E-state index is -0.110. The molecule has 3 aromatic carbocycles. The zero-order valence-corrected chi connectivity index (χ0v) is 17.0. The Morgan fingerprint density at radius 1 is 0.690 bits per heavy atom. The summed E-state index contributed by atoms with van der Waals surface area (Å²) in [7, 11) is 0. The van der Waals surface area contributed by atoms with Gasteiger partial charge in [0.1, 0.15) is 11.7 Å². The predicted molar refractivity (Wildman–Crippen MR) is 126 cm³/mol. The Labute approximate surface area is 181 Å². The lowest BCUT2D eigenvalue weighted by Gasteiger charge is -2.11. The molecule has 0 bridgehead atoms. The standard InChI is InChI=1S/C22H19N5.2ClH/c23-21(24)15-11-12-16-19(18(15)22(25)26)17(13-7-3-1-4-8-13)20(27-16)14-9-5-2-6-10-14;;/h1-12,27H,(H3,23,24)(H3,25,26);2*1H. The first kappa shape index (κ1) is 22.0.